The molecule has 1 aromatic rings. The topological polar surface area (TPSA) is 21.8 Å². The van der Waals surface area contributed by atoms with Crippen LogP contribution in [0.4, 0.5) is 0 Å². The van der Waals surface area contributed by atoms with Gasteiger partial charge in [0.1, 0.15) is 18.5 Å². The SMILES string of the molecule is CC/C=C/CCc1ccccc1OCC1CO1. The van der Waals surface area contributed by atoms with Gasteiger partial charge in [0, 0.05) is 0 Å². The molecule has 2 nitrogen and oxygen atoms in total. The van der Waals surface area contributed by atoms with Crippen molar-refractivity contribution in [2.45, 2.75) is 32.3 Å². The van der Waals surface area contributed by atoms with Crippen LogP contribution in [0.1, 0.15) is 25.3 Å². The Morgan fingerprint density at radius 3 is 2.94 bits per heavy atom. The molecule has 1 unspecified atom stereocenters. The molecule has 2 rings (SSSR count). The summed E-state index contributed by atoms with van der Waals surface area (Å²) >= 11 is 0. The van der Waals surface area contributed by atoms with E-state index in [9.17, 15) is 0 Å². The van der Waals surface area contributed by atoms with Gasteiger partial charge in [0.25, 0.3) is 0 Å². The zero-order valence-electron chi connectivity index (χ0n) is 10.4. The second-order valence-corrected chi connectivity index (χ2v) is 4.29. The second-order valence-electron chi connectivity index (χ2n) is 4.29. The lowest BCUT2D eigenvalue weighted by Gasteiger charge is -2.09. The van der Waals surface area contributed by atoms with Crippen LogP contribution in [0.25, 0.3) is 0 Å². The van der Waals surface area contributed by atoms with Crippen molar-refractivity contribution in [2.24, 2.45) is 0 Å². The van der Waals surface area contributed by atoms with Gasteiger partial charge in [-0.05, 0) is 30.9 Å². The predicted molar refractivity (Wildman–Crippen MR) is 69.4 cm³/mol. The van der Waals surface area contributed by atoms with Crippen LogP contribution in [0, 0.1) is 0 Å². The highest BCUT2D eigenvalue weighted by molar-refractivity contribution is 5.33. The molecule has 92 valence electrons. The average Bonchev–Trinajstić information content (AvgIpc) is 3.17. The normalized spacial score (nSPS) is 18.5. The third-order valence-corrected chi connectivity index (χ3v) is 2.78. The minimum atomic E-state index is 0.322. The number of allylic oxidation sites excluding steroid dienone is 2. The summed E-state index contributed by atoms with van der Waals surface area (Å²) in [6, 6.07) is 8.28. The van der Waals surface area contributed by atoms with Gasteiger partial charge >= 0.3 is 0 Å². The van der Waals surface area contributed by atoms with Crippen LogP contribution in [0.2, 0.25) is 0 Å². The van der Waals surface area contributed by atoms with Gasteiger partial charge in [-0.2, -0.15) is 0 Å². The fraction of sp³-hybridized carbons (Fsp3) is 0.467. The summed E-state index contributed by atoms with van der Waals surface area (Å²) in [4.78, 5) is 0. The Morgan fingerprint density at radius 1 is 1.35 bits per heavy atom. The molecule has 0 bridgehead atoms. The average molecular weight is 232 g/mol. The molecule has 1 aliphatic rings. The molecule has 2 heteroatoms. The third kappa shape index (κ3) is 4.23. The van der Waals surface area contributed by atoms with E-state index in [-0.39, 0.29) is 0 Å². The largest absolute Gasteiger partial charge is 0.491 e. The molecular formula is C15H20O2. The van der Waals surface area contributed by atoms with E-state index in [4.69, 9.17) is 9.47 Å². The molecule has 1 aliphatic heterocycles. The molecule has 0 aromatic heterocycles. The van der Waals surface area contributed by atoms with E-state index < -0.39 is 0 Å². The third-order valence-electron chi connectivity index (χ3n) is 2.78. The number of epoxide rings is 1. The number of hydrogen-bond donors (Lipinski definition) is 0. The van der Waals surface area contributed by atoms with Crippen molar-refractivity contribution >= 4 is 0 Å². The monoisotopic (exact) mass is 232 g/mol. The van der Waals surface area contributed by atoms with E-state index >= 15 is 0 Å². The van der Waals surface area contributed by atoms with Gasteiger partial charge in [-0.3, -0.25) is 0 Å². The van der Waals surface area contributed by atoms with E-state index in [0.717, 1.165) is 31.6 Å². The van der Waals surface area contributed by atoms with E-state index in [1.54, 1.807) is 0 Å². The minimum absolute atomic E-state index is 0.322. The maximum atomic E-state index is 5.77. The molecule has 0 N–H and O–H groups in total. The minimum Gasteiger partial charge on any atom is -0.491 e. The summed E-state index contributed by atoms with van der Waals surface area (Å²) in [6.45, 7) is 3.69. The van der Waals surface area contributed by atoms with Crippen molar-refractivity contribution in [3.8, 4) is 5.75 Å². The summed E-state index contributed by atoms with van der Waals surface area (Å²) in [7, 11) is 0. The summed E-state index contributed by atoms with van der Waals surface area (Å²) in [5, 5.41) is 0. The molecule has 0 saturated carbocycles. The zero-order chi connectivity index (χ0) is 11.9. The van der Waals surface area contributed by atoms with Crippen LogP contribution >= 0.6 is 0 Å². The molecule has 17 heavy (non-hydrogen) atoms. The number of aryl methyl sites for hydroxylation is 1. The quantitative estimate of drug-likeness (QED) is 0.531. The number of ether oxygens (including phenoxy) is 2. The van der Waals surface area contributed by atoms with Crippen LogP contribution < -0.4 is 4.74 Å². The first-order valence-electron chi connectivity index (χ1n) is 6.37. The Kier molecular flexibility index (Phi) is 4.63. The predicted octanol–water partition coefficient (Wildman–Crippen LogP) is 3.36. The van der Waals surface area contributed by atoms with E-state index in [2.05, 4.69) is 31.2 Å². The highest BCUT2D eigenvalue weighted by atomic mass is 16.6. The first-order valence-corrected chi connectivity index (χ1v) is 6.37. The molecule has 0 spiro atoms. The summed E-state index contributed by atoms with van der Waals surface area (Å²) in [5.41, 5.74) is 1.29. The van der Waals surface area contributed by atoms with Crippen LogP contribution in [0.3, 0.4) is 0 Å². The standard InChI is InChI=1S/C15H20O2/c1-2-3-4-5-8-13-9-6-7-10-15(13)17-12-14-11-16-14/h3-4,6-7,9-10,14H,2,5,8,11-12H2,1H3/b4-3+. The van der Waals surface area contributed by atoms with E-state index in [1.807, 2.05) is 12.1 Å². The summed E-state index contributed by atoms with van der Waals surface area (Å²) in [5.74, 6) is 1.01. The van der Waals surface area contributed by atoms with E-state index in [0.29, 0.717) is 12.7 Å². The molecule has 1 fully saturated rings. The van der Waals surface area contributed by atoms with Crippen LogP contribution in [-0.4, -0.2) is 19.3 Å². The molecular weight excluding hydrogens is 212 g/mol. The van der Waals surface area contributed by atoms with Crippen molar-refractivity contribution in [1.82, 2.24) is 0 Å². The lowest BCUT2D eigenvalue weighted by atomic mass is 10.1. The van der Waals surface area contributed by atoms with Crippen LogP contribution in [-0.2, 0) is 11.2 Å². The Bertz CT molecular complexity index is 367. The fourth-order valence-corrected chi connectivity index (χ4v) is 1.72. The molecule has 0 radical (unpaired) electrons. The smallest absolute Gasteiger partial charge is 0.122 e. The Balaban J connectivity index is 1.87. The molecule has 1 atom stereocenters. The molecule has 1 heterocycles. The molecule has 0 amide bonds. The highest BCUT2D eigenvalue weighted by Gasteiger charge is 2.23. The first-order chi connectivity index (χ1) is 8.40. The second kappa shape index (κ2) is 6.45. The lowest BCUT2D eigenvalue weighted by Crippen LogP contribution is -2.05. The first kappa shape index (κ1) is 12.2. The molecule has 1 aromatic carbocycles. The fourth-order valence-electron chi connectivity index (χ4n) is 1.72. The van der Waals surface area contributed by atoms with Gasteiger partial charge in [0.05, 0.1) is 6.61 Å². The highest BCUT2D eigenvalue weighted by Crippen LogP contribution is 2.21. The van der Waals surface area contributed by atoms with Gasteiger partial charge in [0.2, 0.25) is 0 Å². The number of para-hydroxylation sites is 1. The van der Waals surface area contributed by atoms with Gasteiger partial charge in [0.15, 0.2) is 0 Å². The van der Waals surface area contributed by atoms with Crippen molar-refractivity contribution in [3.63, 3.8) is 0 Å². The Morgan fingerprint density at radius 2 is 2.18 bits per heavy atom. The van der Waals surface area contributed by atoms with Crippen molar-refractivity contribution in [1.29, 1.82) is 0 Å². The lowest BCUT2D eigenvalue weighted by molar-refractivity contribution is 0.261. The van der Waals surface area contributed by atoms with Crippen molar-refractivity contribution in [3.05, 3.63) is 42.0 Å². The molecule has 1 saturated heterocycles. The Labute approximate surface area is 103 Å². The summed E-state index contributed by atoms with van der Waals surface area (Å²) in [6.07, 6.45) is 7.99. The van der Waals surface area contributed by atoms with Gasteiger partial charge in [-0.1, -0.05) is 37.3 Å². The van der Waals surface area contributed by atoms with Gasteiger partial charge in [-0.15, -0.1) is 0 Å². The number of hydrogen-bond acceptors (Lipinski definition) is 2. The van der Waals surface area contributed by atoms with Gasteiger partial charge in [-0.25, -0.2) is 0 Å². The van der Waals surface area contributed by atoms with Crippen molar-refractivity contribution < 1.29 is 9.47 Å². The van der Waals surface area contributed by atoms with Crippen molar-refractivity contribution in [2.75, 3.05) is 13.2 Å². The molecule has 0 aliphatic carbocycles. The summed E-state index contributed by atoms with van der Waals surface area (Å²) < 4.78 is 10.9. The maximum Gasteiger partial charge on any atom is 0.122 e. The number of benzene rings is 1. The van der Waals surface area contributed by atoms with E-state index in [1.165, 1.54) is 5.56 Å². The van der Waals surface area contributed by atoms with Gasteiger partial charge < -0.3 is 9.47 Å². The maximum absolute atomic E-state index is 5.77. The zero-order valence-corrected chi connectivity index (χ0v) is 10.4. The van der Waals surface area contributed by atoms with Crippen LogP contribution in [0.15, 0.2) is 36.4 Å². The Hall–Kier alpha value is -1.28. The van der Waals surface area contributed by atoms with Crippen LogP contribution in [0.5, 0.6) is 5.75 Å². The number of rotatable bonds is 7.